The molecule has 34 heavy (non-hydrogen) atoms. The van der Waals surface area contributed by atoms with Gasteiger partial charge in [-0.1, -0.05) is 60.7 Å². The van der Waals surface area contributed by atoms with Gasteiger partial charge in [-0.15, -0.1) is 0 Å². The predicted molar refractivity (Wildman–Crippen MR) is 118 cm³/mol. The Morgan fingerprint density at radius 3 is 1.47 bits per heavy atom. The molecule has 0 saturated carbocycles. The van der Waals surface area contributed by atoms with Crippen LogP contribution in [0.25, 0.3) is 0 Å². The molecule has 0 amide bonds. The van der Waals surface area contributed by atoms with Crippen LogP contribution in [0.4, 0.5) is 8.78 Å². The highest BCUT2D eigenvalue weighted by molar-refractivity contribution is 7.86. The Bertz CT molecular complexity index is 1280. The number of aromatic carboxylic acids is 1. The SMILES string of the molecule is O=C(O)c1c(OS(=O)(=O)Cc2ccccc2)cc(C(F)F)cc1OS(=O)(=O)Cc1ccccc1. The van der Waals surface area contributed by atoms with Crippen molar-refractivity contribution >= 4 is 26.2 Å². The minimum atomic E-state index is -4.51. The number of benzene rings is 3. The van der Waals surface area contributed by atoms with E-state index in [9.17, 15) is 35.5 Å². The largest absolute Gasteiger partial charge is 0.477 e. The Morgan fingerprint density at radius 1 is 0.765 bits per heavy atom. The van der Waals surface area contributed by atoms with Crippen molar-refractivity contribution in [2.75, 3.05) is 0 Å². The molecule has 3 rings (SSSR count). The monoisotopic (exact) mass is 512 g/mol. The summed E-state index contributed by atoms with van der Waals surface area (Å²) in [6, 6.07) is 16.5. The third-order valence-corrected chi connectivity index (χ3v) is 6.60. The zero-order valence-corrected chi connectivity index (χ0v) is 18.9. The summed E-state index contributed by atoms with van der Waals surface area (Å²) < 4.78 is 86.6. The number of hydrogen-bond donors (Lipinski definition) is 1. The summed E-state index contributed by atoms with van der Waals surface area (Å²) in [6.07, 6.45) is -3.21. The molecule has 180 valence electrons. The quantitative estimate of drug-likeness (QED) is 0.402. The maximum Gasteiger partial charge on any atom is 0.343 e. The fraction of sp³-hybridized carbons (Fsp3) is 0.136. The van der Waals surface area contributed by atoms with E-state index in [2.05, 4.69) is 0 Å². The number of carboxylic acids is 1. The summed E-state index contributed by atoms with van der Waals surface area (Å²) in [7, 11) is -9.02. The van der Waals surface area contributed by atoms with E-state index in [1.165, 1.54) is 24.3 Å². The van der Waals surface area contributed by atoms with Gasteiger partial charge in [0.1, 0.15) is 17.1 Å². The average Bonchev–Trinajstić information content (AvgIpc) is 2.73. The first-order chi connectivity index (χ1) is 16.0. The van der Waals surface area contributed by atoms with Gasteiger partial charge >= 0.3 is 26.2 Å². The first-order valence-corrected chi connectivity index (χ1v) is 12.7. The molecule has 3 aromatic carbocycles. The van der Waals surface area contributed by atoms with Gasteiger partial charge in [-0.25, -0.2) is 13.6 Å². The minimum Gasteiger partial charge on any atom is -0.477 e. The highest BCUT2D eigenvalue weighted by atomic mass is 32.2. The van der Waals surface area contributed by atoms with Gasteiger partial charge in [0.2, 0.25) is 0 Å². The maximum absolute atomic E-state index is 13.5. The normalized spacial score (nSPS) is 11.9. The van der Waals surface area contributed by atoms with Gasteiger partial charge in [-0.2, -0.15) is 16.8 Å². The van der Waals surface area contributed by atoms with Crippen molar-refractivity contribution in [3.05, 3.63) is 95.1 Å². The molecular formula is C22H18F2O8S2. The van der Waals surface area contributed by atoms with Crippen molar-refractivity contribution < 1.29 is 43.9 Å². The number of carbonyl (C=O) groups is 1. The van der Waals surface area contributed by atoms with E-state index in [4.69, 9.17) is 8.37 Å². The van der Waals surface area contributed by atoms with Gasteiger partial charge < -0.3 is 13.5 Å². The Balaban J connectivity index is 2.02. The topological polar surface area (TPSA) is 124 Å². The molecule has 0 aliphatic heterocycles. The number of rotatable bonds is 10. The fourth-order valence-electron chi connectivity index (χ4n) is 2.97. The second-order valence-electron chi connectivity index (χ2n) is 7.04. The third kappa shape index (κ3) is 6.75. The van der Waals surface area contributed by atoms with E-state index in [0.29, 0.717) is 23.3 Å². The van der Waals surface area contributed by atoms with Crippen molar-refractivity contribution in [2.45, 2.75) is 17.9 Å². The molecule has 0 saturated heterocycles. The van der Waals surface area contributed by atoms with Crippen LogP contribution in [0.5, 0.6) is 11.5 Å². The zero-order chi connectivity index (χ0) is 24.9. The Hall–Kier alpha value is -3.51. The molecule has 0 aromatic heterocycles. The highest BCUT2D eigenvalue weighted by Crippen LogP contribution is 2.36. The predicted octanol–water partition coefficient (Wildman–Crippen LogP) is 4.14. The smallest absolute Gasteiger partial charge is 0.343 e. The van der Waals surface area contributed by atoms with Crippen LogP contribution in [-0.4, -0.2) is 27.9 Å². The summed E-state index contributed by atoms with van der Waals surface area (Å²) in [5.74, 6) is -5.20. The second kappa shape index (κ2) is 10.2. The number of halogens is 2. The van der Waals surface area contributed by atoms with Crippen LogP contribution < -0.4 is 8.37 Å². The Labute approximate surface area is 194 Å². The molecule has 0 heterocycles. The first-order valence-electron chi connectivity index (χ1n) is 9.57. The fourth-order valence-corrected chi connectivity index (χ4v) is 5.10. The van der Waals surface area contributed by atoms with Gasteiger partial charge in [0.05, 0.1) is 0 Å². The summed E-state index contributed by atoms with van der Waals surface area (Å²) in [4.78, 5) is 11.9. The first kappa shape index (κ1) is 25.1. The highest BCUT2D eigenvalue weighted by Gasteiger charge is 2.29. The molecule has 8 nitrogen and oxygen atoms in total. The summed E-state index contributed by atoms with van der Waals surface area (Å²) in [5.41, 5.74) is -1.32. The van der Waals surface area contributed by atoms with E-state index in [-0.39, 0.29) is 0 Å². The number of carboxylic acid groups (broad SMARTS) is 1. The van der Waals surface area contributed by atoms with Gasteiger partial charge in [0.25, 0.3) is 6.43 Å². The van der Waals surface area contributed by atoms with Crippen molar-refractivity contribution in [2.24, 2.45) is 0 Å². The molecule has 0 radical (unpaired) electrons. The van der Waals surface area contributed by atoms with Crippen molar-refractivity contribution in [1.29, 1.82) is 0 Å². The molecule has 1 N–H and O–H groups in total. The summed E-state index contributed by atoms with van der Waals surface area (Å²) in [5, 5.41) is 9.61. The second-order valence-corrected chi connectivity index (χ2v) is 10.2. The Kier molecular flexibility index (Phi) is 7.52. The van der Waals surface area contributed by atoms with Gasteiger partial charge in [-0.3, -0.25) is 0 Å². The van der Waals surface area contributed by atoms with Crippen LogP contribution >= 0.6 is 0 Å². The molecule has 0 aliphatic rings. The lowest BCUT2D eigenvalue weighted by Crippen LogP contribution is -2.18. The minimum absolute atomic E-state index is 0.298. The lowest BCUT2D eigenvalue weighted by atomic mass is 10.1. The zero-order valence-electron chi connectivity index (χ0n) is 17.3. The number of hydrogen-bond acceptors (Lipinski definition) is 7. The standard InChI is InChI=1S/C22H18F2O8S2/c23-21(24)17-11-18(31-33(27,28)13-15-7-3-1-4-8-15)20(22(25)26)19(12-17)32-34(29,30)14-16-9-5-2-6-10-16/h1-12,21H,13-14H2,(H,25,26). The van der Waals surface area contributed by atoms with Crippen LogP contribution in [0.3, 0.4) is 0 Å². The van der Waals surface area contributed by atoms with Crippen molar-refractivity contribution in [3.63, 3.8) is 0 Å². The van der Waals surface area contributed by atoms with E-state index in [0.717, 1.165) is 0 Å². The van der Waals surface area contributed by atoms with Crippen molar-refractivity contribution in [1.82, 2.24) is 0 Å². The average molecular weight is 513 g/mol. The van der Waals surface area contributed by atoms with Crippen LogP contribution in [0, 0.1) is 0 Å². The molecule has 3 aromatic rings. The van der Waals surface area contributed by atoms with E-state index in [1.54, 1.807) is 36.4 Å². The third-order valence-electron chi connectivity index (χ3n) is 4.36. The molecule has 0 aliphatic carbocycles. The van der Waals surface area contributed by atoms with Crippen LogP contribution in [0.1, 0.15) is 33.5 Å². The maximum atomic E-state index is 13.5. The summed E-state index contributed by atoms with van der Waals surface area (Å²) in [6.45, 7) is 0. The van der Waals surface area contributed by atoms with Gasteiger partial charge in [-0.05, 0) is 23.3 Å². The molecule has 0 bridgehead atoms. The van der Waals surface area contributed by atoms with Crippen LogP contribution in [-0.2, 0) is 31.7 Å². The number of alkyl halides is 2. The summed E-state index contributed by atoms with van der Waals surface area (Å²) >= 11 is 0. The van der Waals surface area contributed by atoms with Gasteiger partial charge in [0.15, 0.2) is 11.5 Å². The molecule has 12 heteroatoms. The van der Waals surface area contributed by atoms with Crippen molar-refractivity contribution in [3.8, 4) is 11.5 Å². The van der Waals surface area contributed by atoms with Gasteiger partial charge in [0, 0.05) is 5.56 Å². The van der Waals surface area contributed by atoms with Crippen LogP contribution in [0.15, 0.2) is 72.8 Å². The molecule has 0 unspecified atom stereocenters. The van der Waals surface area contributed by atoms with E-state index >= 15 is 0 Å². The molecule has 0 spiro atoms. The Morgan fingerprint density at radius 2 is 1.15 bits per heavy atom. The van der Waals surface area contributed by atoms with Crippen LogP contribution in [0.2, 0.25) is 0 Å². The molecular weight excluding hydrogens is 494 g/mol. The molecule has 0 atom stereocenters. The van der Waals surface area contributed by atoms with E-state index in [1.807, 2.05) is 0 Å². The molecule has 0 fully saturated rings. The lowest BCUT2D eigenvalue weighted by Gasteiger charge is -2.16. The lowest BCUT2D eigenvalue weighted by molar-refractivity contribution is 0.0692. The van der Waals surface area contributed by atoms with E-state index < -0.39 is 66.8 Å².